The fourth-order valence-electron chi connectivity index (χ4n) is 1.38. The predicted molar refractivity (Wildman–Crippen MR) is 54.9 cm³/mol. The van der Waals surface area contributed by atoms with E-state index in [1.807, 2.05) is 5.38 Å². The van der Waals surface area contributed by atoms with Crippen molar-refractivity contribution in [1.82, 2.24) is 9.27 Å². The Kier molecular flexibility index (Phi) is 3.73. The first-order valence-corrected chi connectivity index (χ1v) is 5.61. The highest BCUT2D eigenvalue weighted by molar-refractivity contribution is 7.03. The molecule has 1 saturated heterocycles. The Morgan fingerprint density at radius 2 is 2.36 bits per heavy atom. The fourth-order valence-corrected chi connectivity index (χ4v) is 1.84. The molecule has 1 aliphatic heterocycles. The van der Waals surface area contributed by atoms with Crippen molar-refractivity contribution in [3.63, 3.8) is 0 Å². The van der Waals surface area contributed by atoms with E-state index in [0.29, 0.717) is 0 Å². The van der Waals surface area contributed by atoms with Crippen LogP contribution in [-0.2, 0) is 4.74 Å². The van der Waals surface area contributed by atoms with Crippen molar-refractivity contribution in [2.24, 2.45) is 0 Å². The van der Waals surface area contributed by atoms with Crippen molar-refractivity contribution >= 4 is 11.5 Å². The maximum absolute atomic E-state index is 5.51. The summed E-state index contributed by atoms with van der Waals surface area (Å²) in [6.07, 6.45) is 1.75. The monoisotopic (exact) mass is 214 g/mol. The molecule has 0 aliphatic carbocycles. The van der Waals surface area contributed by atoms with E-state index >= 15 is 0 Å². The predicted octanol–water partition coefficient (Wildman–Crippen LogP) is 0.854. The Morgan fingerprint density at radius 3 is 3.07 bits per heavy atom. The number of nitrogens with zero attached hydrogens (tertiary/aromatic N) is 2. The van der Waals surface area contributed by atoms with Crippen molar-refractivity contribution in [3.8, 4) is 5.75 Å². The zero-order valence-corrected chi connectivity index (χ0v) is 8.83. The molecular weight excluding hydrogens is 200 g/mol. The SMILES string of the molecule is c1nscc1OCCN1CCOCC1. The molecule has 5 heteroatoms. The van der Waals surface area contributed by atoms with Crippen LogP contribution in [0.4, 0.5) is 0 Å². The molecule has 0 unspecified atom stereocenters. The molecule has 0 amide bonds. The molecule has 0 N–H and O–H groups in total. The number of hydrogen-bond acceptors (Lipinski definition) is 5. The second-order valence-electron chi connectivity index (χ2n) is 3.16. The zero-order valence-electron chi connectivity index (χ0n) is 8.02. The van der Waals surface area contributed by atoms with E-state index in [2.05, 4.69) is 9.27 Å². The van der Waals surface area contributed by atoms with Gasteiger partial charge in [-0.15, -0.1) is 0 Å². The molecule has 0 aromatic carbocycles. The maximum Gasteiger partial charge on any atom is 0.150 e. The average Bonchev–Trinajstić information content (AvgIpc) is 2.72. The van der Waals surface area contributed by atoms with E-state index < -0.39 is 0 Å². The van der Waals surface area contributed by atoms with Crippen LogP contribution in [-0.4, -0.2) is 48.7 Å². The van der Waals surface area contributed by atoms with Gasteiger partial charge in [0.05, 0.1) is 24.8 Å². The molecule has 0 bridgehead atoms. The third kappa shape index (κ3) is 2.94. The summed E-state index contributed by atoms with van der Waals surface area (Å²) < 4.78 is 14.7. The van der Waals surface area contributed by atoms with E-state index in [4.69, 9.17) is 9.47 Å². The van der Waals surface area contributed by atoms with Gasteiger partial charge in [-0.25, -0.2) is 0 Å². The minimum absolute atomic E-state index is 0.735. The van der Waals surface area contributed by atoms with Crippen molar-refractivity contribution in [2.75, 3.05) is 39.5 Å². The minimum atomic E-state index is 0.735. The summed E-state index contributed by atoms with van der Waals surface area (Å²) in [6.45, 7) is 5.44. The van der Waals surface area contributed by atoms with Gasteiger partial charge in [-0.2, -0.15) is 4.37 Å². The van der Waals surface area contributed by atoms with Gasteiger partial charge in [-0.1, -0.05) is 0 Å². The van der Waals surface area contributed by atoms with Crippen LogP contribution in [0.2, 0.25) is 0 Å². The molecule has 1 fully saturated rings. The van der Waals surface area contributed by atoms with Crippen molar-refractivity contribution in [2.45, 2.75) is 0 Å². The summed E-state index contributed by atoms with van der Waals surface area (Å²) in [4.78, 5) is 2.35. The van der Waals surface area contributed by atoms with E-state index in [0.717, 1.165) is 45.2 Å². The van der Waals surface area contributed by atoms with Crippen LogP contribution >= 0.6 is 11.5 Å². The summed E-state index contributed by atoms with van der Waals surface area (Å²) in [5.41, 5.74) is 0. The van der Waals surface area contributed by atoms with Gasteiger partial charge >= 0.3 is 0 Å². The number of aromatic nitrogens is 1. The molecule has 2 heterocycles. The molecule has 2 rings (SSSR count). The Bertz CT molecular complexity index is 247. The van der Waals surface area contributed by atoms with Gasteiger partial charge in [-0.05, 0) is 11.5 Å². The number of morpholine rings is 1. The van der Waals surface area contributed by atoms with Crippen LogP contribution in [0.25, 0.3) is 0 Å². The number of hydrogen-bond donors (Lipinski definition) is 0. The Morgan fingerprint density at radius 1 is 1.50 bits per heavy atom. The number of ether oxygens (including phenoxy) is 2. The van der Waals surface area contributed by atoms with Crippen LogP contribution in [0.5, 0.6) is 5.75 Å². The van der Waals surface area contributed by atoms with Crippen molar-refractivity contribution in [1.29, 1.82) is 0 Å². The zero-order chi connectivity index (χ0) is 9.64. The molecule has 0 saturated carbocycles. The van der Waals surface area contributed by atoms with Gasteiger partial charge in [0, 0.05) is 19.6 Å². The third-order valence-electron chi connectivity index (χ3n) is 2.19. The van der Waals surface area contributed by atoms with Crippen LogP contribution < -0.4 is 4.74 Å². The molecule has 4 nitrogen and oxygen atoms in total. The van der Waals surface area contributed by atoms with Crippen LogP contribution in [0.15, 0.2) is 11.6 Å². The molecule has 14 heavy (non-hydrogen) atoms. The molecule has 1 aromatic heterocycles. The minimum Gasteiger partial charge on any atom is -0.490 e. The normalized spacial score (nSPS) is 18.3. The lowest BCUT2D eigenvalue weighted by Gasteiger charge is -2.26. The second-order valence-corrected chi connectivity index (χ2v) is 3.82. The topological polar surface area (TPSA) is 34.6 Å². The van der Waals surface area contributed by atoms with E-state index in [9.17, 15) is 0 Å². The molecule has 0 spiro atoms. The second kappa shape index (κ2) is 5.29. The van der Waals surface area contributed by atoms with Gasteiger partial charge in [0.1, 0.15) is 12.4 Å². The van der Waals surface area contributed by atoms with Gasteiger partial charge in [-0.3, -0.25) is 4.90 Å². The maximum atomic E-state index is 5.51. The van der Waals surface area contributed by atoms with Gasteiger partial charge in [0.15, 0.2) is 0 Å². The Balaban J connectivity index is 1.62. The van der Waals surface area contributed by atoms with Gasteiger partial charge in [0.2, 0.25) is 0 Å². The van der Waals surface area contributed by atoms with Crippen molar-refractivity contribution in [3.05, 3.63) is 11.6 Å². The van der Waals surface area contributed by atoms with Gasteiger partial charge in [0.25, 0.3) is 0 Å². The molecular formula is C9H14N2O2S. The number of rotatable bonds is 4. The standard InChI is InChI=1S/C9H14N2O2S/c1-4-12-5-2-11(1)3-6-13-9-7-10-14-8-9/h7-8H,1-6H2. The van der Waals surface area contributed by atoms with Crippen LogP contribution in [0, 0.1) is 0 Å². The van der Waals surface area contributed by atoms with Gasteiger partial charge < -0.3 is 9.47 Å². The summed E-state index contributed by atoms with van der Waals surface area (Å²) in [5, 5.41) is 1.92. The Hall–Kier alpha value is -0.650. The largest absolute Gasteiger partial charge is 0.490 e. The quantitative estimate of drug-likeness (QED) is 0.744. The molecule has 1 aliphatic rings. The van der Waals surface area contributed by atoms with E-state index in [1.165, 1.54) is 11.5 Å². The lowest BCUT2D eigenvalue weighted by atomic mass is 10.4. The lowest BCUT2D eigenvalue weighted by Crippen LogP contribution is -2.38. The summed E-state index contributed by atoms with van der Waals surface area (Å²) >= 11 is 1.42. The highest BCUT2D eigenvalue weighted by Gasteiger charge is 2.09. The van der Waals surface area contributed by atoms with E-state index in [-0.39, 0.29) is 0 Å². The third-order valence-corrected chi connectivity index (χ3v) is 2.75. The highest BCUT2D eigenvalue weighted by Crippen LogP contribution is 2.10. The lowest BCUT2D eigenvalue weighted by molar-refractivity contribution is 0.0322. The average molecular weight is 214 g/mol. The van der Waals surface area contributed by atoms with Crippen molar-refractivity contribution < 1.29 is 9.47 Å². The summed E-state index contributed by atoms with van der Waals surface area (Å²) in [7, 11) is 0. The first-order valence-electron chi connectivity index (χ1n) is 4.77. The molecule has 0 radical (unpaired) electrons. The first kappa shape index (κ1) is 9.89. The smallest absolute Gasteiger partial charge is 0.150 e. The molecule has 78 valence electrons. The highest BCUT2D eigenvalue weighted by atomic mass is 32.1. The first-order chi connectivity index (χ1) is 6.95. The molecule has 0 atom stereocenters. The van der Waals surface area contributed by atoms with E-state index in [1.54, 1.807) is 6.20 Å². The van der Waals surface area contributed by atoms with Crippen LogP contribution in [0.1, 0.15) is 0 Å². The fraction of sp³-hybridized carbons (Fsp3) is 0.667. The van der Waals surface area contributed by atoms with Crippen LogP contribution in [0.3, 0.4) is 0 Å². The summed E-state index contributed by atoms with van der Waals surface area (Å²) in [5.74, 6) is 0.878. The Labute approximate surface area is 87.6 Å². The summed E-state index contributed by atoms with van der Waals surface area (Å²) in [6, 6.07) is 0. The molecule has 1 aromatic rings.